The number of benzene rings is 1. The summed E-state index contributed by atoms with van der Waals surface area (Å²) in [6, 6.07) is 11.9. The maximum absolute atomic E-state index is 13.3. The molecule has 12 heteroatoms. The van der Waals surface area contributed by atoms with Crippen LogP contribution >= 0.6 is 0 Å². The summed E-state index contributed by atoms with van der Waals surface area (Å²) < 4.78 is 32.2. The first-order valence-electron chi connectivity index (χ1n) is 14.5. The van der Waals surface area contributed by atoms with Crippen molar-refractivity contribution in [3.05, 3.63) is 66.0 Å². The zero-order chi connectivity index (χ0) is 30.4. The Morgan fingerprint density at radius 3 is 2.53 bits per heavy atom. The molecule has 2 aliphatic rings. The lowest BCUT2D eigenvalue weighted by atomic mass is 10.1. The minimum absolute atomic E-state index is 0.168. The van der Waals surface area contributed by atoms with Crippen molar-refractivity contribution in [2.45, 2.75) is 51.7 Å². The number of hydrogen-bond acceptors (Lipinski definition) is 8. The van der Waals surface area contributed by atoms with Crippen LogP contribution in [-0.2, 0) is 11.2 Å². The first-order chi connectivity index (χ1) is 20.4. The Morgan fingerprint density at radius 1 is 1.05 bits per heavy atom. The van der Waals surface area contributed by atoms with Gasteiger partial charge in [0.1, 0.15) is 23.6 Å². The lowest BCUT2D eigenvalue weighted by Crippen LogP contribution is -2.56. The van der Waals surface area contributed by atoms with E-state index in [9.17, 15) is 13.6 Å². The molecule has 0 radical (unpaired) electrons. The number of halogens is 2. The number of imidazole rings is 1. The molecule has 1 aromatic carbocycles. The number of alkyl halides is 2. The van der Waals surface area contributed by atoms with Gasteiger partial charge in [-0.1, -0.05) is 6.07 Å². The van der Waals surface area contributed by atoms with Crippen LogP contribution in [-0.4, -0.2) is 91.6 Å². The monoisotopic (exact) mass is 590 g/mol. The molecule has 0 bridgehead atoms. The average molecular weight is 591 g/mol. The third-order valence-corrected chi connectivity index (χ3v) is 7.83. The third-order valence-electron chi connectivity index (χ3n) is 7.83. The van der Waals surface area contributed by atoms with Crippen molar-refractivity contribution in [1.29, 1.82) is 0 Å². The fraction of sp³-hybridized carbons (Fsp3) is 0.452. The van der Waals surface area contributed by atoms with Gasteiger partial charge in [0, 0.05) is 62.2 Å². The first-order valence-corrected chi connectivity index (χ1v) is 14.5. The summed E-state index contributed by atoms with van der Waals surface area (Å²) in [5.41, 5.74) is 4.75. The Hall–Kier alpha value is -4.19. The second-order valence-corrected chi connectivity index (χ2v) is 12.3. The van der Waals surface area contributed by atoms with Crippen molar-refractivity contribution < 1.29 is 18.3 Å². The SMILES string of the molecule is CC(c1ccnc(Cc2nc3ccc(-c4cc(N5CC(F)(F)C5)ncn4)cc3[nH]2)c1)N1CCN(C(=O)OC(C)(C)C)CC1. The van der Waals surface area contributed by atoms with E-state index < -0.39 is 11.5 Å². The zero-order valence-corrected chi connectivity index (χ0v) is 24.8. The largest absolute Gasteiger partial charge is 0.444 e. The summed E-state index contributed by atoms with van der Waals surface area (Å²) in [6.45, 7) is 9.95. The molecule has 226 valence electrons. The van der Waals surface area contributed by atoms with E-state index in [4.69, 9.17) is 9.72 Å². The van der Waals surface area contributed by atoms with Crippen LogP contribution in [0.2, 0.25) is 0 Å². The van der Waals surface area contributed by atoms with Crippen LogP contribution in [0.15, 0.2) is 48.9 Å². The maximum atomic E-state index is 13.3. The van der Waals surface area contributed by atoms with Crippen LogP contribution in [0.1, 0.15) is 50.8 Å². The van der Waals surface area contributed by atoms with Gasteiger partial charge in [0.25, 0.3) is 5.92 Å². The number of ether oxygens (including phenoxy) is 1. The predicted molar refractivity (Wildman–Crippen MR) is 159 cm³/mol. The molecule has 0 aliphatic carbocycles. The number of aromatic amines is 1. The number of anilines is 1. The fourth-order valence-corrected chi connectivity index (χ4v) is 5.51. The standard InChI is InChI=1S/C31H36F2N8O2/c1-20(39-9-11-40(12-10-39)29(42)43-30(2,3)4)21-7-8-34-23(13-21)15-27-37-24-6-5-22(14-26(24)38-27)25-16-28(36-19-35-25)41-17-31(32,33)18-41/h5-8,13-14,16,19-20H,9-12,15,17-18H2,1-4H3,(H,37,38). The van der Waals surface area contributed by atoms with Gasteiger partial charge in [0.2, 0.25) is 0 Å². The Bertz CT molecular complexity index is 1620. The van der Waals surface area contributed by atoms with Crippen LogP contribution in [0, 0.1) is 0 Å². The molecule has 1 atom stereocenters. The Kier molecular flexibility index (Phi) is 7.49. The zero-order valence-electron chi connectivity index (χ0n) is 24.8. The van der Waals surface area contributed by atoms with Crippen molar-refractivity contribution in [2.75, 3.05) is 44.2 Å². The van der Waals surface area contributed by atoms with Gasteiger partial charge in [0.15, 0.2) is 0 Å². The Morgan fingerprint density at radius 2 is 1.81 bits per heavy atom. The van der Waals surface area contributed by atoms with Crippen LogP contribution in [0.3, 0.4) is 0 Å². The van der Waals surface area contributed by atoms with E-state index in [2.05, 4.69) is 37.8 Å². The first kappa shape index (κ1) is 28.9. The topological polar surface area (TPSA) is 103 Å². The highest BCUT2D eigenvalue weighted by Gasteiger charge is 2.44. The average Bonchev–Trinajstić information content (AvgIpc) is 3.36. The number of carbonyl (C=O) groups is 1. The molecular weight excluding hydrogens is 554 g/mol. The molecule has 2 fully saturated rings. The number of amides is 1. The molecule has 10 nitrogen and oxygen atoms in total. The number of nitrogens with zero attached hydrogens (tertiary/aromatic N) is 7. The molecular formula is C31H36F2N8O2. The lowest BCUT2D eigenvalue weighted by molar-refractivity contribution is -0.0267. The molecule has 2 aliphatic heterocycles. The van der Waals surface area contributed by atoms with E-state index in [1.54, 1.807) is 15.9 Å². The summed E-state index contributed by atoms with van der Waals surface area (Å²) in [4.78, 5) is 39.4. The summed E-state index contributed by atoms with van der Waals surface area (Å²) in [5, 5.41) is 0. The Balaban J connectivity index is 1.11. The van der Waals surface area contributed by atoms with Gasteiger partial charge in [-0.25, -0.2) is 28.5 Å². The summed E-state index contributed by atoms with van der Waals surface area (Å²) in [5.74, 6) is -1.38. The van der Waals surface area contributed by atoms with Crippen molar-refractivity contribution in [2.24, 2.45) is 0 Å². The number of aromatic nitrogens is 5. The summed E-state index contributed by atoms with van der Waals surface area (Å²) in [7, 11) is 0. The number of H-pyrrole nitrogens is 1. The molecule has 2 saturated heterocycles. The second-order valence-electron chi connectivity index (χ2n) is 12.3. The van der Waals surface area contributed by atoms with Crippen LogP contribution in [0.5, 0.6) is 0 Å². The van der Waals surface area contributed by atoms with Gasteiger partial charge in [-0.2, -0.15) is 0 Å². The van der Waals surface area contributed by atoms with Crippen molar-refractivity contribution in [3.63, 3.8) is 0 Å². The van der Waals surface area contributed by atoms with Crippen molar-refractivity contribution in [3.8, 4) is 11.3 Å². The van der Waals surface area contributed by atoms with E-state index >= 15 is 0 Å². The van der Waals surface area contributed by atoms with E-state index in [-0.39, 0.29) is 25.2 Å². The number of nitrogens with one attached hydrogen (secondary N) is 1. The number of hydrogen-bond donors (Lipinski definition) is 1. The van der Waals surface area contributed by atoms with Gasteiger partial charge in [-0.05, 0) is 57.5 Å². The number of pyridine rings is 1. The van der Waals surface area contributed by atoms with E-state index in [0.717, 1.165) is 46.8 Å². The molecule has 43 heavy (non-hydrogen) atoms. The van der Waals surface area contributed by atoms with Gasteiger partial charge >= 0.3 is 6.09 Å². The predicted octanol–water partition coefficient (Wildman–Crippen LogP) is 5.07. The number of piperazine rings is 1. The number of carbonyl (C=O) groups excluding carboxylic acids is 1. The third kappa shape index (κ3) is 6.58. The lowest BCUT2D eigenvalue weighted by Gasteiger charge is -2.39. The molecule has 6 rings (SSSR count). The minimum atomic E-state index is -2.67. The molecule has 0 saturated carbocycles. The smallest absolute Gasteiger partial charge is 0.410 e. The molecule has 1 amide bonds. The highest BCUT2D eigenvalue weighted by atomic mass is 19.3. The minimum Gasteiger partial charge on any atom is -0.444 e. The highest BCUT2D eigenvalue weighted by Crippen LogP contribution is 2.32. The number of rotatable bonds is 6. The maximum Gasteiger partial charge on any atom is 0.410 e. The van der Waals surface area contributed by atoms with E-state index in [1.165, 1.54) is 6.33 Å². The van der Waals surface area contributed by atoms with Crippen molar-refractivity contribution >= 4 is 22.9 Å². The fourth-order valence-electron chi connectivity index (χ4n) is 5.51. The van der Waals surface area contributed by atoms with Crippen molar-refractivity contribution in [1.82, 2.24) is 34.7 Å². The normalized spacial score (nSPS) is 18.0. The molecule has 1 N–H and O–H groups in total. The quantitative estimate of drug-likeness (QED) is 0.332. The number of fused-ring (bicyclic) bond motifs is 1. The molecule has 5 heterocycles. The highest BCUT2D eigenvalue weighted by molar-refractivity contribution is 5.81. The van der Waals surface area contributed by atoms with Gasteiger partial charge in [0.05, 0.1) is 29.8 Å². The summed E-state index contributed by atoms with van der Waals surface area (Å²) in [6.07, 6.45) is 3.52. The Labute approximate surface area is 249 Å². The summed E-state index contributed by atoms with van der Waals surface area (Å²) >= 11 is 0. The van der Waals surface area contributed by atoms with Gasteiger partial charge in [-0.3, -0.25) is 9.88 Å². The van der Waals surface area contributed by atoms with Crippen LogP contribution in [0.25, 0.3) is 22.3 Å². The van der Waals surface area contributed by atoms with Gasteiger partial charge in [-0.15, -0.1) is 0 Å². The molecule has 1 unspecified atom stereocenters. The van der Waals surface area contributed by atoms with E-state index in [0.29, 0.717) is 31.0 Å². The van der Waals surface area contributed by atoms with Crippen LogP contribution in [0.4, 0.5) is 19.4 Å². The van der Waals surface area contributed by atoms with E-state index in [1.807, 2.05) is 51.2 Å². The van der Waals surface area contributed by atoms with Crippen LogP contribution < -0.4 is 4.90 Å². The van der Waals surface area contributed by atoms with Gasteiger partial charge < -0.3 is 19.5 Å². The molecule has 0 spiro atoms. The second kappa shape index (κ2) is 11.1. The molecule has 4 aromatic rings. The molecule has 3 aromatic heterocycles.